The Morgan fingerprint density at radius 3 is 2.60 bits per heavy atom. The van der Waals surface area contributed by atoms with Gasteiger partial charge in [-0.2, -0.15) is 0 Å². The zero-order valence-electron chi connectivity index (χ0n) is 19.2. The lowest BCUT2D eigenvalue weighted by atomic mass is 10.1. The zero-order valence-corrected chi connectivity index (χ0v) is 19.2. The number of anilines is 2. The van der Waals surface area contributed by atoms with Crippen LogP contribution in [0.4, 0.5) is 20.3 Å². The van der Waals surface area contributed by atoms with Crippen LogP contribution >= 0.6 is 0 Å². The summed E-state index contributed by atoms with van der Waals surface area (Å²) >= 11 is 0. The minimum atomic E-state index is -0.965. The van der Waals surface area contributed by atoms with Crippen LogP contribution in [0.2, 0.25) is 0 Å². The summed E-state index contributed by atoms with van der Waals surface area (Å²) in [6.07, 6.45) is 4.17. The number of methoxy groups -OCH3 is 1. The van der Waals surface area contributed by atoms with Gasteiger partial charge < -0.3 is 14.8 Å². The number of nitrogens with one attached hydrogen (secondary N) is 1. The van der Waals surface area contributed by atoms with Crippen molar-refractivity contribution < 1.29 is 27.8 Å². The summed E-state index contributed by atoms with van der Waals surface area (Å²) in [7, 11) is 1.35. The molecule has 1 N–H and O–H groups in total. The van der Waals surface area contributed by atoms with E-state index < -0.39 is 11.6 Å². The Morgan fingerprint density at radius 2 is 1.86 bits per heavy atom. The number of hydrogen-bond donors (Lipinski definition) is 1. The van der Waals surface area contributed by atoms with Crippen molar-refractivity contribution in [1.82, 2.24) is 4.98 Å². The minimum absolute atomic E-state index is 0.0638. The number of fused-ring (bicyclic) bond motifs is 1. The lowest BCUT2D eigenvalue weighted by Gasteiger charge is -2.31. The number of ether oxygens (including phenoxy) is 2. The third-order valence-corrected chi connectivity index (χ3v) is 5.69. The molecule has 0 aliphatic carbocycles. The smallest absolute Gasteiger partial charge is 0.337 e. The van der Waals surface area contributed by atoms with Crippen LogP contribution in [-0.2, 0) is 22.5 Å². The molecule has 0 fully saturated rings. The Balaban J connectivity index is 1.38. The molecule has 182 valence electrons. The second-order valence-electron chi connectivity index (χ2n) is 8.10. The predicted octanol–water partition coefficient (Wildman–Crippen LogP) is 4.51. The summed E-state index contributed by atoms with van der Waals surface area (Å²) in [6, 6.07) is 12.6. The van der Waals surface area contributed by atoms with Crippen LogP contribution in [0.5, 0.6) is 5.75 Å². The minimum Gasteiger partial charge on any atom is -0.481 e. The number of benzene rings is 2. The van der Waals surface area contributed by atoms with Crippen molar-refractivity contribution in [3.63, 3.8) is 0 Å². The van der Waals surface area contributed by atoms with E-state index in [4.69, 9.17) is 9.47 Å². The highest BCUT2D eigenvalue weighted by Crippen LogP contribution is 2.38. The number of aromatic nitrogens is 1. The first kappa shape index (κ1) is 24.1. The molecule has 9 heteroatoms. The van der Waals surface area contributed by atoms with Crippen molar-refractivity contribution in [2.45, 2.75) is 25.8 Å². The number of esters is 1. The van der Waals surface area contributed by atoms with Gasteiger partial charge in [-0.15, -0.1) is 0 Å². The standard InChI is InChI=1S/C26H25F2N3O4/c1-34-26(33)19-8-5-17(6-9-19)4-2-3-12-29-25-24-22(11-13-30-25)35-16-23(32)31(24)15-18-7-10-20(27)21(28)14-18/h5-11,13-14H,2-4,12,15-16H2,1H3,(H,29,30). The van der Waals surface area contributed by atoms with E-state index in [0.29, 0.717) is 34.9 Å². The topological polar surface area (TPSA) is 80.8 Å². The first-order chi connectivity index (χ1) is 17.0. The van der Waals surface area contributed by atoms with Gasteiger partial charge in [0.05, 0.1) is 19.2 Å². The van der Waals surface area contributed by atoms with Crippen molar-refractivity contribution in [2.24, 2.45) is 0 Å². The van der Waals surface area contributed by atoms with Gasteiger partial charge in [0, 0.05) is 18.8 Å². The van der Waals surface area contributed by atoms with E-state index in [0.717, 1.165) is 37.0 Å². The maximum absolute atomic E-state index is 13.7. The van der Waals surface area contributed by atoms with Crippen molar-refractivity contribution in [3.8, 4) is 5.75 Å². The van der Waals surface area contributed by atoms with Gasteiger partial charge in [-0.05, 0) is 54.7 Å². The van der Waals surface area contributed by atoms with E-state index in [1.807, 2.05) is 12.1 Å². The van der Waals surface area contributed by atoms with Crippen LogP contribution in [0.1, 0.15) is 34.3 Å². The highest BCUT2D eigenvalue weighted by atomic mass is 19.2. The fourth-order valence-corrected chi connectivity index (χ4v) is 3.86. The molecule has 0 radical (unpaired) electrons. The monoisotopic (exact) mass is 481 g/mol. The van der Waals surface area contributed by atoms with Crippen LogP contribution in [0, 0.1) is 11.6 Å². The van der Waals surface area contributed by atoms with E-state index in [2.05, 4.69) is 10.3 Å². The second-order valence-corrected chi connectivity index (χ2v) is 8.10. The Morgan fingerprint density at radius 1 is 1.09 bits per heavy atom. The molecule has 35 heavy (non-hydrogen) atoms. The number of halogens is 2. The number of hydrogen-bond acceptors (Lipinski definition) is 6. The molecule has 2 aromatic carbocycles. The SMILES string of the molecule is COC(=O)c1ccc(CCCCNc2nccc3c2N(Cc2ccc(F)c(F)c2)C(=O)CO3)cc1. The molecule has 0 bridgehead atoms. The molecular formula is C26H25F2N3O4. The third-order valence-electron chi connectivity index (χ3n) is 5.69. The number of carbonyl (C=O) groups excluding carboxylic acids is 2. The van der Waals surface area contributed by atoms with Crippen molar-refractivity contribution >= 4 is 23.4 Å². The van der Waals surface area contributed by atoms with E-state index in [1.165, 1.54) is 18.1 Å². The normalized spacial score (nSPS) is 12.7. The van der Waals surface area contributed by atoms with Crippen molar-refractivity contribution in [3.05, 3.63) is 83.1 Å². The maximum Gasteiger partial charge on any atom is 0.337 e. The van der Waals surface area contributed by atoms with Gasteiger partial charge in [0.25, 0.3) is 5.91 Å². The molecule has 4 rings (SSSR count). The van der Waals surface area contributed by atoms with Crippen LogP contribution < -0.4 is 15.0 Å². The number of unbranched alkanes of at least 4 members (excludes halogenated alkanes) is 1. The number of amides is 1. The van der Waals surface area contributed by atoms with Crippen LogP contribution in [0.25, 0.3) is 0 Å². The molecule has 1 aliphatic heterocycles. The fraction of sp³-hybridized carbons (Fsp3) is 0.269. The summed E-state index contributed by atoms with van der Waals surface area (Å²) in [6.45, 7) is 0.528. The van der Waals surface area contributed by atoms with E-state index in [-0.39, 0.29) is 25.0 Å². The van der Waals surface area contributed by atoms with Gasteiger partial charge >= 0.3 is 5.97 Å². The fourth-order valence-electron chi connectivity index (χ4n) is 3.86. The maximum atomic E-state index is 13.7. The highest BCUT2D eigenvalue weighted by Gasteiger charge is 2.29. The Labute approximate surface area is 201 Å². The largest absolute Gasteiger partial charge is 0.481 e. The van der Waals surface area contributed by atoms with Gasteiger partial charge in [-0.3, -0.25) is 9.69 Å². The highest BCUT2D eigenvalue weighted by molar-refractivity contribution is 6.00. The molecule has 1 aliphatic rings. The first-order valence-electron chi connectivity index (χ1n) is 11.2. The molecule has 0 unspecified atom stereocenters. The van der Waals surface area contributed by atoms with Crippen molar-refractivity contribution in [1.29, 1.82) is 0 Å². The molecular weight excluding hydrogens is 456 g/mol. The number of carbonyl (C=O) groups is 2. The Bertz CT molecular complexity index is 1220. The van der Waals surface area contributed by atoms with Crippen LogP contribution in [0.15, 0.2) is 54.7 Å². The number of aryl methyl sites for hydroxylation is 1. The van der Waals surface area contributed by atoms with Gasteiger partial charge in [-0.25, -0.2) is 18.6 Å². The molecule has 0 saturated carbocycles. The number of rotatable bonds is 9. The number of nitrogens with zero attached hydrogens (tertiary/aromatic N) is 2. The molecule has 1 aromatic heterocycles. The summed E-state index contributed by atoms with van der Waals surface area (Å²) in [5, 5.41) is 3.27. The van der Waals surface area contributed by atoms with Gasteiger partial charge in [0.2, 0.25) is 0 Å². The molecule has 7 nitrogen and oxygen atoms in total. The van der Waals surface area contributed by atoms with Gasteiger partial charge in [0.15, 0.2) is 24.1 Å². The predicted molar refractivity (Wildman–Crippen MR) is 126 cm³/mol. The summed E-state index contributed by atoms with van der Waals surface area (Å²) in [4.78, 5) is 30.0. The second kappa shape index (κ2) is 10.9. The zero-order chi connectivity index (χ0) is 24.8. The summed E-state index contributed by atoms with van der Waals surface area (Å²) < 4.78 is 37.3. The van der Waals surface area contributed by atoms with Crippen molar-refractivity contribution in [2.75, 3.05) is 30.5 Å². The quantitative estimate of drug-likeness (QED) is 0.358. The first-order valence-corrected chi connectivity index (χ1v) is 11.2. The van der Waals surface area contributed by atoms with E-state index in [9.17, 15) is 18.4 Å². The Kier molecular flexibility index (Phi) is 7.54. The molecule has 3 aromatic rings. The Hall–Kier alpha value is -4.01. The summed E-state index contributed by atoms with van der Waals surface area (Å²) in [5.74, 6) is -1.58. The van der Waals surface area contributed by atoms with Gasteiger partial charge in [-0.1, -0.05) is 18.2 Å². The van der Waals surface area contributed by atoms with E-state index in [1.54, 1.807) is 24.4 Å². The molecule has 1 amide bonds. The third kappa shape index (κ3) is 5.74. The van der Waals surface area contributed by atoms with E-state index >= 15 is 0 Å². The average Bonchev–Trinajstić information content (AvgIpc) is 2.87. The van der Waals surface area contributed by atoms with Crippen LogP contribution in [0.3, 0.4) is 0 Å². The lowest BCUT2D eigenvalue weighted by Crippen LogP contribution is -2.39. The van der Waals surface area contributed by atoms with Crippen LogP contribution in [-0.4, -0.2) is 37.1 Å². The number of pyridine rings is 1. The molecule has 0 saturated heterocycles. The molecule has 2 heterocycles. The lowest BCUT2D eigenvalue weighted by molar-refractivity contribution is -0.121. The molecule has 0 spiro atoms. The average molecular weight is 481 g/mol. The summed E-state index contributed by atoms with van der Waals surface area (Å²) in [5.41, 5.74) is 2.57. The molecule has 0 atom stereocenters. The van der Waals surface area contributed by atoms with Gasteiger partial charge in [0.1, 0.15) is 11.4 Å².